The van der Waals surface area contributed by atoms with Gasteiger partial charge in [-0.2, -0.15) is 5.10 Å². The van der Waals surface area contributed by atoms with Gasteiger partial charge < -0.3 is 0 Å². The second kappa shape index (κ2) is 8.89. The molecule has 2 aromatic rings. The molecule has 0 aliphatic carbocycles. The lowest BCUT2D eigenvalue weighted by molar-refractivity contribution is -0.117. The highest BCUT2D eigenvalue weighted by molar-refractivity contribution is 6.00. The molecule has 0 fully saturated rings. The second-order valence-electron chi connectivity index (χ2n) is 5.70. The van der Waals surface area contributed by atoms with Crippen LogP contribution in [0, 0.1) is 0 Å². The highest BCUT2D eigenvalue weighted by Crippen LogP contribution is 2.11. The van der Waals surface area contributed by atoms with Crippen LogP contribution >= 0.6 is 0 Å². The minimum absolute atomic E-state index is 0.227. The highest BCUT2D eigenvalue weighted by atomic mass is 16.1. The Bertz CT molecular complexity index is 594. The van der Waals surface area contributed by atoms with Gasteiger partial charge in [-0.05, 0) is 18.1 Å². The Balaban J connectivity index is 2.13. The van der Waals surface area contributed by atoms with E-state index < -0.39 is 0 Å². The zero-order valence-electron chi connectivity index (χ0n) is 13.9. The lowest BCUT2D eigenvalue weighted by Crippen LogP contribution is -2.19. The van der Waals surface area contributed by atoms with Crippen LogP contribution in [0.2, 0.25) is 0 Å². The zero-order chi connectivity index (χ0) is 16.5. The molecular weight excluding hydrogens is 284 g/mol. The molecule has 0 atom stereocenters. The van der Waals surface area contributed by atoms with Crippen molar-refractivity contribution in [3.8, 4) is 0 Å². The predicted octanol–water partition coefficient (Wildman–Crippen LogP) is 4.43. The third-order valence-corrected chi connectivity index (χ3v) is 3.58. The Morgan fingerprint density at radius 2 is 1.39 bits per heavy atom. The standard InChI is InChI=1S/C20H24N2O/c1-3-20(23)14-17(2)21-22(15-18-10-6-4-7-11-18)16-19-12-8-5-9-13-19/h4-13H,3,14-16H2,1-2H3/b21-17+. The molecule has 0 aliphatic rings. The largest absolute Gasteiger partial charge is 0.299 e. The zero-order valence-corrected chi connectivity index (χ0v) is 13.9. The molecule has 0 aliphatic heterocycles. The lowest BCUT2D eigenvalue weighted by atomic mass is 10.1. The summed E-state index contributed by atoms with van der Waals surface area (Å²) in [7, 11) is 0. The van der Waals surface area contributed by atoms with E-state index in [-0.39, 0.29) is 5.78 Å². The molecule has 0 N–H and O–H groups in total. The topological polar surface area (TPSA) is 32.7 Å². The number of ketones is 1. The SMILES string of the molecule is CCC(=O)C/C(C)=N/N(Cc1ccccc1)Cc1ccccc1. The van der Waals surface area contributed by atoms with E-state index in [1.54, 1.807) is 0 Å². The van der Waals surface area contributed by atoms with E-state index >= 15 is 0 Å². The number of nitrogens with zero attached hydrogens (tertiary/aromatic N) is 2. The Labute approximate surface area is 138 Å². The summed E-state index contributed by atoms with van der Waals surface area (Å²) in [6, 6.07) is 20.6. The number of carbonyl (C=O) groups excluding carboxylic acids is 1. The van der Waals surface area contributed by atoms with Crippen molar-refractivity contribution in [3.63, 3.8) is 0 Å². The van der Waals surface area contributed by atoms with Crippen molar-refractivity contribution < 1.29 is 4.79 Å². The van der Waals surface area contributed by atoms with Gasteiger partial charge in [0.25, 0.3) is 0 Å². The van der Waals surface area contributed by atoms with E-state index in [1.807, 2.05) is 55.3 Å². The van der Waals surface area contributed by atoms with Gasteiger partial charge in [-0.3, -0.25) is 9.80 Å². The summed E-state index contributed by atoms with van der Waals surface area (Å²) in [6.45, 7) is 5.28. The van der Waals surface area contributed by atoms with Gasteiger partial charge >= 0.3 is 0 Å². The summed E-state index contributed by atoms with van der Waals surface area (Å²) in [5.74, 6) is 0.227. The molecule has 0 bridgehead atoms. The van der Waals surface area contributed by atoms with Gasteiger partial charge in [0, 0.05) is 18.6 Å². The lowest BCUT2D eigenvalue weighted by Gasteiger charge is -2.20. The molecule has 0 amide bonds. The molecule has 0 saturated carbocycles. The molecular formula is C20H24N2O. The molecule has 23 heavy (non-hydrogen) atoms. The molecule has 2 rings (SSSR count). The Kier molecular flexibility index (Phi) is 6.55. The van der Waals surface area contributed by atoms with E-state index in [0.29, 0.717) is 12.8 Å². The van der Waals surface area contributed by atoms with E-state index in [9.17, 15) is 4.79 Å². The number of hydrazone groups is 1. The fourth-order valence-corrected chi connectivity index (χ4v) is 2.40. The summed E-state index contributed by atoms with van der Waals surface area (Å²) >= 11 is 0. The second-order valence-corrected chi connectivity index (χ2v) is 5.70. The normalized spacial score (nSPS) is 11.3. The smallest absolute Gasteiger partial charge is 0.138 e. The summed E-state index contributed by atoms with van der Waals surface area (Å²) in [6.07, 6.45) is 0.987. The maximum Gasteiger partial charge on any atom is 0.138 e. The van der Waals surface area contributed by atoms with Crippen molar-refractivity contribution in [2.45, 2.75) is 39.8 Å². The molecule has 120 valence electrons. The van der Waals surface area contributed by atoms with Crippen LogP contribution in [-0.4, -0.2) is 16.5 Å². The van der Waals surface area contributed by atoms with E-state index in [1.165, 1.54) is 11.1 Å². The Morgan fingerprint density at radius 1 is 0.913 bits per heavy atom. The minimum atomic E-state index is 0.227. The van der Waals surface area contributed by atoms with Crippen LogP contribution in [0.3, 0.4) is 0 Å². The summed E-state index contributed by atoms with van der Waals surface area (Å²) in [5, 5.41) is 6.71. The first-order valence-corrected chi connectivity index (χ1v) is 8.06. The number of rotatable bonds is 8. The van der Waals surface area contributed by atoms with Crippen molar-refractivity contribution in [2.24, 2.45) is 5.10 Å². The number of carbonyl (C=O) groups is 1. The van der Waals surface area contributed by atoms with Gasteiger partial charge in [0.05, 0.1) is 13.1 Å². The van der Waals surface area contributed by atoms with E-state index in [2.05, 4.69) is 29.4 Å². The summed E-state index contributed by atoms with van der Waals surface area (Å²) in [4.78, 5) is 11.6. The highest BCUT2D eigenvalue weighted by Gasteiger charge is 2.07. The molecule has 3 heteroatoms. The van der Waals surface area contributed by atoms with Crippen molar-refractivity contribution >= 4 is 11.5 Å². The number of benzene rings is 2. The van der Waals surface area contributed by atoms with Crippen LogP contribution < -0.4 is 0 Å². The molecule has 3 nitrogen and oxygen atoms in total. The molecule has 0 saturated heterocycles. The number of hydrogen-bond acceptors (Lipinski definition) is 3. The molecule has 0 aromatic heterocycles. The fraction of sp³-hybridized carbons (Fsp3) is 0.300. The van der Waals surface area contributed by atoms with Crippen LogP contribution in [-0.2, 0) is 17.9 Å². The molecule has 0 spiro atoms. The third-order valence-electron chi connectivity index (χ3n) is 3.58. The quantitative estimate of drug-likeness (QED) is 0.533. The van der Waals surface area contributed by atoms with E-state index in [0.717, 1.165) is 18.8 Å². The van der Waals surface area contributed by atoms with Crippen LogP contribution in [0.4, 0.5) is 0 Å². The van der Waals surface area contributed by atoms with Gasteiger partial charge in [0.2, 0.25) is 0 Å². The first-order valence-electron chi connectivity index (χ1n) is 8.06. The fourth-order valence-electron chi connectivity index (χ4n) is 2.40. The van der Waals surface area contributed by atoms with Crippen molar-refractivity contribution in [1.29, 1.82) is 0 Å². The van der Waals surface area contributed by atoms with Crippen LogP contribution in [0.15, 0.2) is 65.8 Å². The van der Waals surface area contributed by atoms with Crippen molar-refractivity contribution in [1.82, 2.24) is 5.01 Å². The first kappa shape index (κ1) is 16.9. The van der Waals surface area contributed by atoms with Crippen molar-refractivity contribution in [2.75, 3.05) is 0 Å². The van der Waals surface area contributed by atoms with Gasteiger partial charge in [-0.15, -0.1) is 0 Å². The van der Waals surface area contributed by atoms with Crippen molar-refractivity contribution in [3.05, 3.63) is 71.8 Å². The molecule has 0 unspecified atom stereocenters. The van der Waals surface area contributed by atoms with Gasteiger partial charge in [-0.25, -0.2) is 0 Å². The monoisotopic (exact) mass is 308 g/mol. The molecule has 0 heterocycles. The van der Waals surface area contributed by atoms with Gasteiger partial charge in [-0.1, -0.05) is 67.6 Å². The maximum atomic E-state index is 11.6. The molecule has 0 radical (unpaired) electrons. The maximum absolute atomic E-state index is 11.6. The number of Topliss-reactive ketones (excluding diaryl/α,β-unsaturated/α-hetero) is 1. The van der Waals surface area contributed by atoms with Crippen LogP contribution in [0.25, 0.3) is 0 Å². The average Bonchev–Trinajstić information content (AvgIpc) is 2.56. The van der Waals surface area contributed by atoms with E-state index in [4.69, 9.17) is 0 Å². The van der Waals surface area contributed by atoms with Gasteiger partial charge in [0.1, 0.15) is 5.78 Å². The summed E-state index contributed by atoms with van der Waals surface area (Å²) in [5.41, 5.74) is 3.28. The Hall–Kier alpha value is -2.42. The molecule has 2 aromatic carbocycles. The summed E-state index contributed by atoms with van der Waals surface area (Å²) < 4.78 is 0. The Morgan fingerprint density at radius 3 is 1.83 bits per heavy atom. The number of hydrogen-bond donors (Lipinski definition) is 0. The average molecular weight is 308 g/mol. The first-order chi connectivity index (χ1) is 11.2. The minimum Gasteiger partial charge on any atom is -0.299 e. The third kappa shape index (κ3) is 6.07. The predicted molar refractivity (Wildman–Crippen MR) is 95.2 cm³/mol. The van der Waals surface area contributed by atoms with Crippen LogP contribution in [0.1, 0.15) is 37.8 Å². The van der Waals surface area contributed by atoms with Gasteiger partial charge in [0.15, 0.2) is 0 Å². The van der Waals surface area contributed by atoms with Crippen LogP contribution in [0.5, 0.6) is 0 Å².